The first-order valence-electron chi connectivity index (χ1n) is 21.4. The summed E-state index contributed by atoms with van der Waals surface area (Å²) in [5.41, 5.74) is 1.28. The number of phosphoric acid groups is 1. The number of phosphoric ester groups is 1. The Labute approximate surface area is 389 Å². The van der Waals surface area contributed by atoms with E-state index in [1.165, 1.54) is 0 Å². The van der Waals surface area contributed by atoms with Crippen LogP contribution in [0, 0.1) is 0 Å². The van der Waals surface area contributed by atoms with E-state index in [9.17, 15) is 4.89 Å². The molecule has 65 heavy (non-hydrogen) atoms. The van der Waals surface area contributed by atoms with Gasteiger partial charge in [-0.1, -0.05) is 229 Å². The van der Waals surface area contributed by atoms with Crippen molar-refractivity contribution in [3.8, 4) is 22.6 Å². The number of hydrogen-bond donors (Lipinski definition) is 1. The molecule has 0 bridgehead atoms. The second-order valence-electron chi connectivity index (χ2n) is 16.3. The molecule has 1 aliphatic rings. The summed E-state index contributed by atoms with van der Waals surface area (Å²) in [6.45, 7) is 0. The predicted octanol–water partition coefficient (Wildman–Crippen LogP) is 9.59. The van der Waals surface area contributed by atoms with Gasteiger partial charge in [-0.2, -0.15) is 0 Å². The molecule has 1 aliphatic heterocycles. The van der Waals surface area contributed by atoms with Crippen molar-refractivity contribution in [1.82, 2.24) is 0 Å². The standard InChI is InChI=1S/C56H39Cl2O4PSi2/c57-41-31-33-49-39(35-41)37-51(64(43-19-7-1-8-20-43,44-21-9-2-10-22-44)45-23-11-3-12-24-45)55-53(49)54-50-34-32-42(58)36-40(50)38-52(56(54)62-63(59,60)61-55)65(46-25-13-4-14-26-46,47-27-15-5-16-28-47)48-29-17-6-18-30-48/h1-38H,(H,59,60). The minimum atomic E-state index is -5.02. The predicted molar refractivity (Wildman–Crippen MR) is 275 cm³/mol. The molecule has 10 aromatic carbocycles. The Bertz CT molecular complexity index is 3020. The maximum Gasteiger partial charge on any atom is 0.584 e. The number of rotatable bonds is 8. The molecule has 0 saturated carbocycles. The molecule has 0 amide bonds. The lowest BCUT2D eigenvalue weighted by atomic mass is 9.92. The van der Waals surface area contributed by atoms with E-state index in [1.54, 1.807) is 0 Å². The van der Waals surface area contributed by atoms with E-state index in [4.69, 9.17) is 32.2 Å². The largest absolute Gasteiger partial charge is 0.584 e. The zero-order valence-electron chi connectivity index (χ0n) is 34.8. The van der Waals surface area contributed by atoms with E-state index >= 15 is 4.57 Å². The molecule has 0 fully saturated rings. The minimum absolute atomic E-state index is 0.285. The third-order valence-corrected chi connectivity index (χ3v) is 23.7. The second-order valence-corrected chi connectivity index (χ2v) is 26.1. The van der Waals surface area contributed by atoms with Gasteiger partial charge in [0.15, 0.2) is 16.1 Å². The Hall–Kier alpha value is -6.48. The van der Waals surface area contributed by atoms with Gasteiger partial charge in [-0.25, -0.2) is 4.57 Å². The maximum atomic E-state index is 15.4. The van der Waals surface area contributed by atoms with Gasteiger partial charge in [-0.05, 0) is 87.3 Å². The fourth-order valence-corrected chi connectivity index (χ4v) is 21.5. The van der Waals surface area contributed by atoms with Crippen LogP contribution in [0.2, 0.25) is 10.0 Å². The van der Waals surface area contributed by atoms with E-state index in [0.717, 1.165) is 63.0 Å². The number of hydrogen-bond acceptors (Lipinski definition) is 3. The normalized spacial score (nSPS) is 13.3. The fraction of sp³-hybridized carbons (Fsp3) is 0. The van der Waals surface area contributed by atoms with Gasteiger partial charge in [0.05, 0.1) is 0 Å². The van der Waals surface area contributed by atoms with Gasteiger partial charge in [-0.3, -0.25) is 4.89 Å². The summed E-state index contributed by atoms with van der Waals surface area (Å²) in [6, 6.07) is 78.6. The van der Waals surface area contributed by atoms with Crippen molar-refractivity contribution in [2.24, 2.45) is 0 Å². The summed E-state index contributed by atoms with van der Waals surface area (Å²) >= 11 is 13.9. The van der Waals surface area contributed by atoms with Crippen LogP contribution in [0.1, 0.15) is 0 Å². The van der Waals surface area contributed by atoms with Gasteiger partial charge in [0.2, 0.25) is 0 Å². The molecule has 0 aliphatic carbocycles. The molecule has 1 N–H and O–H groups in total. The Morgan fingerprint density at radius 2 is 0.631 bits per heavy atom. The van der Waals surface area contributed by atoms with Crippen LogP contribution in [0.5, 0.6) is 11.5 Å². The van der Waals surface area contributed by atoms with E-state index in [-0.39, 0.29) is 11.5 Å². The third-order valence-electron chi connectivity index (χ3n) is 12.8. The highest BCUT2D eigenvalue weighted by Crippen LogP contribution is 2.57. The van der Waals surface area contributed by atoms with Crippen molar-refractivity contribution in [1.29, 1.82) is 0 Å². The molecule has 4 nitrogen and oxygen atoms in total. The van der Waals surface area contributed by atoms with Crippen molar-refractivity contribution in [2.75, 3.05) is 0 Å². The van der Waals surface area contributed by atoms with Crippen LogP contribution >= 0.6 is 31.0 Å². The Kier molecular flexibility index (Phi) is 10.5. The zero-order chi connectivity index (χ0) is 44.2. The Morgan fingerprint density at radius 1 is 0.369 bits per heavy atom. The average molecular weight is 934 g/mol. The van der Waals surface area contributed by atoms with E-state index < -0.39 is 24.0 Å². The molecule has 0 atom stereocenters. The summed E-state index contributed by atoms with van der Waals surface area (Å²) < 4.78 is 29.0. The van der Waals surface area contributed by atoms with Crippen LogP contribution in [0.15, 0.2) is 231 Å². The SMILES string of the molecule is O=P1(O)Oc2c([Si](c3ccccc3)(c3ccccc3)c3ccccc3)cc3cc(Cl)ccc3c2-c2c(c([Si](c3ccccc3)(c3ccccc3)c3ccccc3)cc3cc(Cl)ccc23)O1. The molecule has 9 heteroatoms. The third kappa shape index (κ3) is 6.80. The first kappa shape index (κ1) is 41.2. The van der Waals surface area contributed by atoms with Crippen molar-refractivity contribution in [3.05, 3.63) is 241 Å². The Balaban J connectivity index is 1.40. The van der Waals surface area contributed by atoms with E-state index in [2.05, 4.69) is 158 Å². The monoisotopic (exact) mass is 932 g/mol. The van der Waals surface area contributed by atoms with Crippen LogP contribution in [-0.4, -0.2) is 21.0 Å². The first-order chi connectivity index (χ1) is 31.8. The van der Waals surface area contributed by atoms with Crippen LogP contribution < -0.4 is 50.5 Å². The molecule has 0 saturated heterocycles. The minimum Gasteiger partial charge on any atom is -0.395 e. The quantitative estimate of drug-likeness (QED) is 0.0938. The second kappa shape index (κ2) is 16.5. The highest BCUT2D eigenvalue weighted by Gasteiger charge is 2.50. The summed E-state index contributed by atoms with van der Waals surface area (Å²) in [6.07, 6.45) is 0. The van der Waals surface area contributed by atoms with E-state index in [0.29, 0.717) is 21.2 Å². The molecular weight excluding hydrogens is 895 g/mol. The summed E-state index contributed by atoms with van der Waals surface area (Å²) in [5, 5.41) is 12.3. The molecule has 0 aromatic heterocycles. The molecule has 10 aromatic rings. The van der Waals surface area contributed by atoms with Gasteiger partial charge in [-0.15, -0.1) is 0 Å². The summed E-state index contributed by atoms with van der Waals surface area (Å²) in [4.78, 5) is 12.6. The first-order valence-corrected chi connectivity index (χ1v) is 27.6. The molecule has 0 radical (unpaired) electrons. The topological polar surface area (TPSA) is 55.8 Å². The van der Waals surface area contributed by atoms with Gasteiger partial charge < -0.3 is 9.05 Å². The smallest absolute Gasteiger partial charge is 0.395 e. The molecule has 1 heterocycles. The van der Waals surface area contributed by atoms with Crippen LogP contribution in [0.25, 0.3) is 32.7 Å². The van der Waals surface area contributed by atoms with Gasteiger partial charge in [0.1, 0.15) is 11.5 Å². The lowest BCUT2D eigenvalue weighted by Crippen LogP contribution is -2.75. The number of benzene rings is 10. The van der Waals surface area contributed by atoms with Crippen LogP contribution in [0.4, 0.5) is 0 Å². The van der Waals surface area contributed by atoms with Crippen molar-refractivity contribution < 1.29 is 18.5 Å². The van der Waals surface area contributed by atoms with Gasteiger partial charge in [0, 0.05) is 21.2 Å². The van der Waals surface area contributed by atoms with Gasteiger partial charge in [0.25, 0.3) is 0 Å². The zero-order valence-corrected chi connectivity index (χ0v) is 39.2. The highest BCUT2D eigenvalue weighted by molar-refractivity contribution is 7.48. The average Bonchev–Trinajstić information content (AvgIpc) is 3.47. The van der Waals surface area contributed by atoms with Crippen molar-refractivity contribution >= 4 is 110 Å². The van der Waals surface area contributed by atoms with Crippen molar-refractivity contribution in [3.63, 3.8) is 0 Å². The lowest BCUT2D eigenvalue weighted by molar-refractivity contribution is 0.296. The molecule has 314 valence electrons. The van der Waals surface area contributed by atoms with Crippen LogP contribution in [0.3, 0.4) is 0 Å². The number of halogens is 2. The van der Waals surface area contributed by atoms with E-state index in [1.807, 2.05) is 72.8 Å². The summed E-state index contributed by atoms with van der Waals surface area (Å²) in [5.74, 6) is 0.569. The number of fused-ring (bicyclic) bond motifs is 7. The summed E-state index contributed by atoms with van der Waals surface area (Å²) in [7, 11) is -12.0. The molecule has 0 spiro atoms. The molecular formula is C56H39Cl2O4PSi2. The molecule has 11 rings (SSSR count). The maximum absolute atomic E-state index is 15.4. The highest BCUT2D eigenvalue weighted by atomic mass is 35.5. The lowest BCUT2D eigenvalue weighted by Gasteiger charge is -2.36. The van der Waals surface area contributed by atoms with Gasteiger partial charge >= 0.3 is 7.82 Å². The Morgan fingerprint density at radius 3 is 0.892 bits per heavy atom. The fourth-order valence-electron chi connectivity index (χ4n) is 10.3. The molecule has 0 unspecified atom stereocenters. The van der Waals surface area contributed by atoms with Crippen LogP contribution in [-0.2, 0) is 4.57 Å². The van der Waals surface area contributed by atoms with Crippen molar-refractivity contribution in [2.45, 2.75) is 0 Å².